The molecule has 3 atom stereocenters. The Balaban J connectivity index is 2.92. The molecule has 0 radical (unpaired) electrons. The molecule has 62 valence electrons. The van der Waals surface area contributed by atoms with Gasteiger partial charge >= 0.3 is 0 Å². The summed E-state index contributed by atoms with van der Waals surface area (Å²) in [6.45, 7) is 1.53. The van der Waals surface area contributed by atoms with Crippen molar-refractivity contribution >= 4 is 17.4 Å². The molecule has 0 saturated heterocycles. The maximum Gasteiger partial charge on any atom is 0.179 e. The van der Waals surface area contributed by atoms with E-state index in [2.05, 4.69) is 0 Å². The average Bonchev–Trinajstić information content (AvgIpc) is 1.97. The number of aliphatic hydroxyl groups excluding tert-OH is 2. The molecule has 0 aromatic rings. The van der Waals surface area contributed by atoms with Crippen LogP contribution in [0.1, 0.15) is 6.92 Å². The quantitative estimate of drug-likeness (QED) is 0.549. The molecule has 1 aliphatic rings. The van der Waals surface area contributed by atoms with Crippen LogP contribution in [0, 0.1) is 5.92 Å². The maximum absolute atomic E-state index is 11.0. The first-order chi connectivity index (χ1) is 5.04. The minimum Gasteiger partial charge on any atom is -0.389 e. The number of carbonyl (C=O) groups excluding carboxylic acids is 1. The van der Waals surface area contributed by atoms with Crippen molar-refractivity contribution in [2.24, 2.45) is 5.92 Å². The van der Waals surface area contributed by atoms with Crippen molar-refractivity contribution in [1.29, 1.82) is 0 Å². The molecular weight excluding hydrogens is 168 g/mol. The van der Waals surface area contributed by atoms with E-state index >= 15 is 0 Å². The second-order valence-electron chi connectivity index (χ2n) is 2.65. The van der Waals surface area contributed by atoms with Gasteiger partial charge in [-0.25, -0.2) is 0 Å². The van der Waals surface area contributed by atoms with E-state index in [1.54, 1.807) is 0 Å². The molecule has 0 spiro atoms. The molecule has 0 aliphatic heterocycles. The van der Waals surface area contributed by atoms with Crippen LogP contribution >= 0.6 is 11.6 Å². The lowest BCUT2D eigenvalue weighted by Gasteiger charge is -2.25. The largest absolute Gasteiger partial charge is 0.389 e. The predicted octanol–water partition coefficient (Wildman–Crippen LogP) is 0.0497. The molecule has 0 heterocycles. The maximum atomic E-state index is 11.0. The molecule has 2 N–H and O–H groups in total. The highest BCUT2D eigenvalue weighted by Crippen LogP contribution is 2.23. The fourth-order valence-corrected chi connectivity index (χ4v) is 1.30. The van der Waals surface area contributed by atoms with Crippen molar-refractivity contribution in [2.45, 2.75) is 19.1 Å². The first-order valence-corrected chi connectivity index (χ1v) is 3.69. The molecule has 0 fully saturated rings. The highest BCUT2D eigenvalue weighted by atomic mass is 35.5. The van der Waals surface area contributed by atoms with Gasteiger partial charge < -0.3 is 10.2 Å². The van der Waals surface area contributed by atoms with Crippen molar-refractivity contribution in [3.8, 4) is 0 Å². The lowest BCUT2D eigenvalue weighted by Crippen LogP contribution is -2.39. The first kappa shape index (κ1) is 8.71. The summed E-state index contributed by atoms with van der Waals surface area (Å²) < 4.78 is 0. The van der Waals surface area contributed by atoms with Crippen LogP contribution < -0.4 is 0 Å². The van der Waals surface area contributed by atoms with Crippen LogP contribution in [0.25, 0.3) is 0 Å². The lowest BCUT2D eigenvalue weighted by molar-refractivity contribution is -0.125. The number of carbonyl (C=O) groups is 1. The molecule has 3 nitrogen and oxygen atoms in total. The Labute approximate surface area is 69.3 Å². The predicted molar refractivity (Wildman–Crippen MR) is 40.1 cm³/mol. The zero-order chi connectivity index (χ0) is 8.59. The third kappa shape index (κ3) is 1.45. The Hall–Kier alpha value is -0.380. The van der Waals surface area contributed by atoms with Crippen molar-refractivity contribution in [3.05, 3.63) is 11.1 Å². The minimum atomic E-state index is -1.02. The van der Waals surface area contributed by atoms with E-state index in [9.17, 15) is 4.79 Å². The Morgan fingerprint density at radius 3 is 2.64 bits per heavy atom. The van der Waals surface area contributed by atoms with E-state index in [-0.39, 0.29) is 10.8 Å². The van der Waals surface area contributed by atoms with E-state index in [0.717, 1.165) is 6.08 Å². The van der Waals surface area contributed by atoms with Gasteiger partial charge in [-0.2, -0.15) is 0 Å². The molecule has 1 rings (SSSR count). The summed E-state index contributed by atoms with van der Waals surface area (Å²) in [7, 11) is 0. The first-order valence-electron chi connectivity index (χ1n) is 3.31. The zero-order valence-electron chi connectivity index (χ0n) is 5.99. The van der Waals surface area contributed by atoms with Crippen molar-refractivity contribution in [2.75, 3.05) is 0 Å². The lowest BCUT2D eigenvalue weighted by atomic mass is 9.90. The van der Waals surface area contributed by atoms with Gasteiger partial charge in [0.05, 0.1) is 11.1 Å². The van der Waals surface area contributed by atoms with Crippen LogP contribution in [-0.2, 0) is 4.79 Å². The van der Waals surface area contributed by atoms with Gasteiger partial charge in [0.15, 0.2) is 5.78 Å². The van der Waals surface area contributed by atoms with Gasteiger partial charge in [0.25, 0.3) is 0 Å². The number of ketones is 1. The molecule has 0 aromatic heterocycles. The number of allylic oxidation sites excluding steroid dienone is 1. The SMILES string of the molecule is C[C@@H]1C(=O)C(Cl)=C[C@H](O)[C@@H]1O. The van der Waals surface area contributed by atoms with Crippen LogP contribution in [0.2, 0.25) is 0 Å². The summed E-state index contributed by atoms with van der Waals surface area (Å²) in [5.41, 5.74) is 0. The van der Waals surface area contributed by atoms with Crippen LogP contribution in [0.3, 0.4) is 0 Å². The normalized spacial score (nSPS) is 38.7. The van der Waals surface area contributed by atoms with E-state index < -0.39 is 18.1 Å². The second-order valence-corrected chi connectivity index (χ2v) is 3.06. The molecule has 1 aliphatic carbocycles. The average molecular weight is 177 g/mol. The summed E-state index contributed by atoms with van der Waals surface area (Å²) in [5, 5.41) is 18.2. The Bertz CT molecular complexity index is 212. The van der Waals surface area contributed by atoms with Gasteiger partial charge in [-0.3, -0.25) is 4.79 Å². The standard InChI is InChI=1S/C7H9ClO3/c1-3-6(10)4(8)2-5(9)7(3)11/h2-3,5,7,9,11H,1H3/t3-,5+,7-/m1/s1. The van der Waals surface area contributed by atoms with E-state index in [1.807, 2.05) is 0 Å². The van der Waals surface area contributed by atoms with Crippen molar-refractivity contribution < 1.29 is 15.0 Å². The minimum absolute atomic E-state index is 0.00954. The molecule has 0 amide bonds. The summed E-state index contributed by atoms with van der Waals surface area (Å²) in [6, 6.07) is 0. The zero-order valence-corrected chi connectivity index (χ0v) is 6.75. The van der Waals surface area contributed by atoms with Gasteiger partial charge in [-0.05, 0) is 6.08 Å². The molecule has 0 unspecified atom stereocenters. The topological polar surface area (TPSA) is 57.5 Å². The van der Waals surface area contributed by atoms with Gasteiger partial charge in [-0.15, -0.1) is 0 Å². The molecule has 4 heteroatoms. The fraction of sp³-hybridized carbons (Fsp3) is 0.571. The molecule has 0 saturated carbocycles. The Morgan fingerprint density at radius 2 is 2.09 bits per heavy atom. The number of rotatable bonds is 0. The third-order valence-electron chi connectivity index (χ3n) is 1.83. The Kier molecular flexibility index (Phi) is 2.32. The number of aliphatic hydroxyl groups is 2. The second kappa shape index (κ2) is 2.93. The van der Waals surface area contributed by atoms with E-state index in [1.165, 1.54) is 6.92 Å². The molecule has 0 bridgehead atoms. The summed E-state index contributed by atoms with van der Waals surface area (Å²) in [5.74, 6) is -0.924. The molecule has 11 heavy (non-hydrogen) atoms. The highest BCUT2D eigenvalue weighted by molar-refractivity contribution is 6.43. The Morgan fingerprint density at radius 1 is 1.55 bits per heavy atom. The monoisotopic (exact) mass is 176 g/mol. The highest BCUT2D eigenvalue weighted by Gasteiger charge is 2.33. The van der Waals surface area contributed by atoms with Gasteiger partial charge in [0.2, 0.25) is 0 Å². The van der Waals surface area contributed by atoms with Crippen LogP contribution in [0.4, 0.5) is 0 Å². The number of halogens is 1. The van der Waals surface area contributed by atoms with Crippen LogP contribution in [0.5, 0.6) is 0 Å². The van der Waals surface area contributed by atoms with E-state index in [0.29, 0.717) is 0 Å². The van der Waals surface area contributed by atoms with Crippen LogP contribution in [0.15, 0.2) is 11.1 Å². The van der Waals surface area contributed by atoms with Gasteiger partial charge in [0, 0.05) is 5.92 Å². The fourth-order valence-electron chi connectivity index (χ4n) is 0.999. The third-order valence-corrected chi connectivity index (χ3v) is 2.14. The summed E-state index contributed by atoms with van der Waals surface area (Å²) >= 11 is 5.46. The van der Waals surface area contributed by atoms with Gasteiger partial charge in [0.1, 0.15) is 6.10 Å². The smallest absolute Gasteiger partial charge is 0.179 e. The number of hydrogen-bond donors (Lipinski definition) is 2. The number of hydrogen-bond acceptors (Lipinski definition) is 3. The summed E-state index contributed by atoms with van der Waals surface area (Å²) in [6.07, 6.45) is -0.880. The summed E-state index contributed by atoms with van der Waals surface area (Å²) in [4.78, 5) is 11.0. The van der Waals surface area contributed by atoms with Gasteiger partial charge in [-0.1, -0.05) is 18.5 Å². The van der Waals surface area contributed by atoms with Crippen LogP contribution in [-0.4, -0.2) is 28.2 Å². The van der Waals surface area contributed by atoms with Crippen molar-refractivity contribution in [3.63, 3.8) is 0 Å². The van der Waals surface area contributed by atoms with Crippen molar-refractivity contribution in [1.82, 2.24) is 0 Å². The molecule has 0 aromatic carbocycles. The van der Waals surface area contributed by atoms with E-state index in [4.69, 9.17) is 21.8 Å². The molecular formula is C7H9ClO3. The number of Topliss-reactive ketones (excluding diaryl/α,β-unsaturated/α-hetero) is 1.